The molecule has 0 aromatic carbocycles. The molecule has 0 aliphatic rings. The lowest BCUT2D eigenvalue weighted by Crippen LogP contribution is -1.87. The number of nitrogens with zero attached hydrogens (tertiary/aromatic N) is 2. The van der Waals surface area contributed by atoms with Gasteiger partial charge < -0.3 is 4.57 Å². The lowest BCUT2D eigenvalue weighted by Gasteiger charge is -1.98. The van der Waals surface area contributed by atoms with Crippen LogP contribution in [0.15, 0.2) is 18.6 Å². The average molecular weight is 160 g/mol. The minimum Gasteiger partial charge on any atom is -0.350 e. The van der Waals surface area contributed by atoms with Crippen LogP contribution >= 0.6 is 0 Å². The minimum absolute atomic E-state index is 1.24. The van der Waals surface area contributed by atoms with Crippen molar-refractivity contribution in [1.29, 1.82) is 0 Å². The van der Waals surface area contributed by atoms with Crippen LogP contribution < -0.4 is 0 Å². The molecule has 2 rings (SSSR count). The second-order valence-corrected chi connectivity index (χ2v) is 3.28. The highest BCUT2D eigenvalue weighted by molar-refractivity contribution is 5.85. The van der Waals surface area contributed by atoms with Gasteiger partial charge in [-0.25, -0.2) is 0 Å². The van der Waals surface area contributed by atoms with Crippen molar-refractivity contribution in [2.75, 3.05) is 0 Å². The van der Waals surface area contributed by atoms with Gasteiger partial charge in [0.25, 0.3) is 0 Å². The molecule has 0 spiro atoms. The minimum atomic E-state index is 1.24. The number of aryl methyl sites for hydroxylation is 3. The molecule has 2 nitrogen and oxygen atoms in total. The normalized spacial score (nSPS) is 10.9. The molecule has 0 saturated heterocycles. The third kappa shape index (κ3) is 0.843. The summed E-state index contributed by atoms with van der Waals surface area (Å²) in [6.07, 6.45) is 5.97. The van der Waals surface area contributed by atoms with Crippen LogP contribution in [0.1, 0.15) is 11.1 Å². The van der Waals surface area contributed by atoms with Gasteiger partial charge in [0.15, 0.2) is 0 Å². The fourth-order valence-electron chi connectivity index (χ4n) is 1.74. The Morgan fingerprint density at radius 3 is 2.58 bits per heavy atom. The highest BCUT2D eigenvalue weighted by Gasteiger charge is 2.04. The first-order chi connectivity index (χ1) is 5.70. The van der Waals surface area contributed by atoms with Crippen molar-refractivity contribution < 1.29 is 0 Å². The zero-order valence-corrected chi connectivity index (χ0v) is 7.63. The van der Waals surface area contributed by atoms with Crippen molar-refractivity contribution in [2.45, 2.75) is 13.8 Å². The molecule has 2 aromatic rings. The van der Waals surface area contributed by atoms with E-state index in [9.17, 15) is 0 Å². The molecule has 2 heteroatoms. The van der Waals surface area contributed by atoms with Crippen molar-refractivity contribution in [3.05, 3.63) is 29.7 Å². The van der Waals surface area contributed by atoms with Crippen molar-refractivity contribution in [1.82, 2.24) is 9.55 Å². The van der Waals surface area contributed by atoms with E-state index in [4.69, 9.17) is 0 Å². The summed E-state index contributed by atoms with van der Waals surface area (Å²) in [5.74, 6) is 0. The van der Waals surface area contributed by atoms with Gasteiger partial charge >= 0.3 is 0 Å². The third-order valence-corrected chi connectivity index (χ3v) is 2.27. The van der Waals surface area contributed by atoms with Crippen LogP contribution in [0.25, 0.3) is 10.9 Å². The smallest absolute Gasteiger partial charge is 0.0541 e. The number of hydrogen-bond acceptors (Lipinski definition) is 1. The maximum absolute atomic E-state index is 4.17. The molecule has 0 bridgehead atoms. The Hall–Kier alpha value is -1.31. The van der Waals surface area contributed by atoms with Gasteiger partial charge in [-0.2, -0.15) is 0 Å². The van der Waals surface area contributed by atoms with Gasteiger partial charge in [-0.3, -0.25) is 4.98 Å². The monoisotopic (exact) mass is 160 g/mol. The number of rotatable bonds is 0. The topological polar surface area (TPSA) is 17.8 Å². The first-order valence-corrected chi connectivity index (χ1v) is 4.06. The highest BCUT2D eigenvalue weighted by atomic mass is 14.9. The summed E-state index contributed by atoms with van der Waals surface area (Å²) in [7, 11) is 2.07. The van der Waals surface area contributed by atoms with Crippen LogP contribution in [-0.2, 0) is 7.05 Å². The quantitative estimate of drug-likeness (QED) is 0.577. The predicted octanol–water partition coefficient (Wildman–Crippen LogP) is 2.19. The Morgan fingerprint density at radius 1 is 1.17 bits per heavy atom. The standard InChI is InChI=1S/C10H12N2/c1-7-4-11-5-9-8(2)6-12(3)10(7)9/h4-6H,1-3H3. The van der Waals surface area contributed by atoms with E-state index in [0.29, 0.717) is 0 Å². The van der Waals surface area contributed by atoms with E-state index in [1.54, 1.807) is 0 Å². The van der Waals surface area contributed by atoms with Gasteiger partial charge in [0.2, 0.25) is 0 Å². The number of pyridine rings is 1. The largest absolute Gasteiger partial charge is 0.350 e. The number of hydrogen-bond donors (Lipinski definition) is 0. The maximum Gasteiger partial charge on any atom is 0.0541 e. The number of fused-ring (bicyclic) bond motifs is 1. The molecule has 2 aromatic heterocycles. The molecule has 0 fully saturated rings. The zero-order chi connectivity index (χ0) is 8.72. The Balaban J connectivity index is 2.99. The van der Waals surface area contributed by atoms with Crippen molar-refractivity contribution in [3.8, 4) is 0 Å². The fraction of sp³-hybridized carbons (Fsp3) is 0.300. The molecule has 12 heavy (non-hydrogen) atoms. The summed E-state index contributed by atoms with van der Waals surface area (Å²) in [6, 6.07) is 0. The molecule has 0 radical (unpaired) electrons. The summed E-state index contributed by atoms with van der Waals surface area (Å²) >= 11 is 0. The third-order valence-electron chi connectivity index (χ3n) is 2.27. The lowest BCUT2D eigenvalue weighted by molar-refractivity contribution is 0.958. The molecule has 0 N–H and O–H groups in total. The summed E-state index contributed by atoms with van der Waals surface area (Å²) < 4.78 is 2.15. The zero-order valence-electron chi connectivity index (χ0n) is 7.63. The number of aromatic nitrogens is 2. The predicted molar refractivity (Wildman–Crippen MR) is 50.2 cm³/mol. The second-order valence-electron chi connectivity index (χ2n) is 3.28. The van der Waals surface area contributed by atoms with E-state index in [2.05, 4.69) is 36.6 Å². The summed E-state index contributed by atoms with van der Waals surface area (Å²) in [6.45, 7) is 4.21. The first kappa shape index (κ1) is 7.35. The van der Waals surface area contributed by atoms with Gasteiger partial charge in [0.05, 0.1) is 5.52 Å². The van der Waals surface area contributed by atoms with Gasteiger partial charge in [-0.15, -0.1) is 0 Å². The van der Waals surface area contributed by atoms with Crippen molar-refractivity contribution in [3.63, 3.8) is 0 Å². The molecule has 0 saturated carbocycles. The lowest BCUT2D eigenvalue weighted by atomic mass is 10.2. The van der Waals surface area contributed by atoms with E-state index in [-0.39, 0.29) is 0 Å². The van der Waals surface area contributed by atoms with Crippen molar-refractivity contribution in [2.24, 2.45) is 7.05 Å². The molecule has 0 aliphatic carbocycles. The molecular weight excluding hydrogens is 148 g/mol. The van der Waals surface area contributed by atoms with Gasteiger partial charge in [0.1, 0.15) is 0 Å². The van der Waals surface area contributed by atoms with E-state index in [1.807, 2.05) is 12.4 Å². The van der Waals surface area contributed by atoms with Crippen LogP contribution in [0.4, 0.5) is 0 Å². The summed E-state index contributed by atoms with van der Waals surface area (Å²) in [5, 5.41) is 1.26. The summed E-state index contributed by atoms with van der Waals surface area (Å²) in [5.41, 5.74) is 3.83. The SMILES string of the molecule is Cc1cn(C)c2c(C)cncc12. The molecule has 2 heterocycles. The van der Waals surface area contributed by atoms with Gasteiger partial charge in [-0.1, -0.05) is 0 Å². The fourth-order valence-corrected chi connectivity index (χ4v) is 1.74. The van der Waals surface area contributed by atoms with Gasteiger partial charge in [-0.05, 0) is 25.0 Å². The van der Waals surface area contributed by atoms with E-state index >= 15 is 0 Å². The molecule has 0 amide bonds. The average Bonchev–Trinajstić information content (AvgIpc) is 2.29. The molecule has 0 unspecified atom stereocenters. The molecule has 0 atom stereocenters. The van der Waals surface area contributed by atoms with Crippen molar-refractivity contribution >= 4 is 10.9 Å². The van der Waals surface area contributed by atoms with E-state index < -0.39 is 0 Å². The molecule has 0 aliphatic heterocycles. The molecule has 62 valence electrons. The van der Waals surface area contributed by atoms with E-state index in [0.717, 1.165) is 0 Å². The Bertz CT molecular complexity index is 427. The molecular formula is C10H12N2. The Labute approximate surface area is 71.8 Å². The van der Waals surface area contributed by atoms with Crippen LogP contribution in [0.5, 0.6) is 0 Å². The van der Waals surface area contributed by atoms with Crippen LogP contribution in [-0.4, -0.2) is 9.55 Å². The maximum atomic E-state index is 4.17. The Morgan fingerprint density at radius 2 is 1.92 bits per heavy atom. The summed E-state index contributed by atoms with van der Waals surface area (Å²) in [4.78, 5) is 4.17. The second kappa shape index (κ2) is 2.34. The first-order valence-electron chi connectivity index (χ1n) is 4.06. The van der Waals surface area contributed by atoms with E-state index in [1.165, 1.54) is 22.0 Å². The van der Waals surface area contributed by atoms with Crippen LogP contribution in [0.3, 0.4) is 0 Å². The van der Waals surface area contributed by atoms with Gasteiger partial charge in [0, 0.05) is 31.0 Å². The van der Waals surface area contributed by atoms with Crippen LogP contribution in [0, 0.1) is 13.8 Å². The van der Waals surface area contributed by atoms with Crippen LogP contribution in [0.2, 0.25) is 0 Å². The highest BCUT2D eigenvalue weighted by Crippen LogP contribution is 2.21. The Kier molecular flexibility index (Phi) is 1.43.